The smallest absolute Gasteiger partial charge is 0.251 e. The highest BCUT2D eigenvalue weighted by Crippen LogP contribution is 2.39. The first-order valence-corrected chi connectivity index (χ1v) is 8.11. The summed E-state index contributed by atoms with van der Waals surface area (Å²) >= 11 is 6.14. The lowest BCUT2D eigenvalue weighted by atomic mass is 10.1. The van der Waals surface area contributed by atoms with Crippen LogP contribution in [-0.4, -0.2) is 41.6 Å². The highest BCUT2D eigenvalue weighted by atomic mass is 35.5. The SMILES string of the molecule is Cn1cc(N2CC[C@@H](NC(=O)c3cc(Cl)c4c(c3)OCO4)C2)cn1. The van der Waals surface area contributed by atoms with Crippen LogP contribution in [0.5, 0.6) is 11.5 Å². The molecule has 24 heavy (non-hydrogen) atoms. The molecule has 0 aliphatic carbocycles. The fraction of sp³-hybridized carbons (Fsp3) is 0.375. The van der Waals surface area contributed by atoms with Gasteiger partial charge in [-0.1, -0.05) is 11.6 Å². The Kier molecular flexibility index (Phi) is 3.72. The van der Waals surface area contributed by atoms with E-state index >= 15 is 0 Å². The van der Waals surface area contributed by atoms with Gasteiger partial charge in [-0.3, -0.25) is 9.48 Å². The Morgan fingerprint density at radius 1 is 1.42 bits per heavy atom. The van der Waals surface area contributed by atoms with Crippen molar-refractivity contribution in [2.24, 2.45) is 7.05 Å². The van der Waals surface area contributed by atoms with Gasteiger partial charge in [0.25, 0.3) is 5.91 Å². The van der Waals surface area contributed by atoms with E-state index in [0.717, 1.165) is 25.2 Å². The third-order valence-electron chi connectivity index (χ3n) is 4.27. The van der Waals surface area contributed by atoms with Crippen molar-refractivity contribution in [3.05, 3.63) is 35.1 Å². The maximum Gasteiger partial charge on any atom is 0.251 e. The molecule has 1 fully saturated rings. The molecule has 1 aromatic carbocycles. The molecule has 0 unspecified atom stereocenters. The van der Waals surface area contributed by atoms with Crippen LogP contribution in [0.25, 0.3) is 0 Å². The summed E-state index contributed by atoms with van der Waals surface area (Å²) in [6, 6.07) is 3.36. The van der Waals surface area contributed by atoms with Crippen LogP contribution in [-0.2, 0) is 7.05 Å². The van der Waals surface area contributed by atoms with Crippen LogP contribution in [0.1, 0.15) is 16.8 Å². The predicted octanol–water partition coefficient (Wildman–Crippen LogP) is 1.81. The van der Waals surface area contributed by atoms with Gasteiger partial charge in [0.1, 0.15) is 0 Å². The van der Waals surface area contributed by atoms with Gasteiger partial charge >= 0.3 is 0 Å². The van der Waals surface area contributed by atoms with Crippen LogP contribution in [0, 0.1) is 0 Å². The fourth-order valence-electron chi connectivity index (χ4n) is 3.05. The molecule has 1 amide bonds. The molecule has 126 valence electrons. The molecule has 8 heteroatoms. The zero-order valence-electron chi connectivity index (χ0n) is 13.2. The monoisotopic (exact) mass is 348 g/mol. The standard InChI is InChI=1S/C16H17ClN4O3/c1-20-8-12(6-18-20)21-3-2-11(7-21)19-16(22)10-4-13(17)15-14(5-10)23-9-24-15/h4-6,8,11H,2-3,7,9H2,1H3,(H,19,22)/t11-/m1/s1. The number of fused-ring (bicyclic) bond motifs is 1. The second-order valence-electron chi connectivity index (χ2n) is 5.97. The predicted molar refractivity (Wildman–Crippen MR) is 88.9 cm³/mol. The molecule has 0 saturated carbocycles. The Balaban J connectivity index is 1.43. The van der Waals surface area contributed by atoms with Gasteiger partial charge in [0.05, 0.1) is 16.9 Å². The Morgan fingerprint density at radius 3 is 3.08 bits per heavy atom. The molecule has 2 aliphatic rings. The van der Waals surface area contributed by atoms with Crippen molar-refractivity contribution in [3.8, 4) is 11.5 Å². The summed E-state index contributed by atoms with van der Waals surface area (Å²) in [4.78, 5) is 14.7. The third-order valence-corrected chi connectivity index (χ3v) is 4.55. The first kappa shape index (κ1) is 15.1. The van der Waals surface area contributed by atoms with E-state index < -0.39 is 0 Å². The van der Waals surface area contributed by atoms with Crippen molar-refractivity contribution in [2.45, 2.75) is 12.5 Å². The average Bonchev–Trinajstić information content (AvgIpc) is 3.26. The fourth-order valence-corrected chi connectivity index (χ4v) is 3.32. The molecule has 0 radical (unpaired) electrons. The Labute approximate surface area is 144 Å². The number of ether oxygens (including phenoxy) is 2. The van der Waals surface area contributed by atoms with E-state index in [9.17, 15) is 4.79 Å². The van der Waals surface area contributed by atoms with E-state index in [4.69, 9.17) is 21.1 Å². The molecule has 0 bridgehead atoms. The number of aromatic nitrogens is 2. The number of aryl methyl sites for hydroxylation is 1. The quantitative estimate of drug-likeness (QED) is 0.916. The summed E-state index contributed by atoms with van der Waals surface area (Å²) in [6.45, 7) is 1.77. The van der Waals surface area contributed by atoms with E-state index in [1.165, 1.54) is 0 Å². The molecular formula is C16H17ClN4O3. The number of amides is 1. The van der Waals surface area contributed by atoms with Gasteiger partial charge in [-0.15, -0.1) is 0 Å². The highest BCUT2D eigenvalue weighted by Gasteiger charge is 2.26. The van der Waals surface area contributed by atoms with E-state index in [2.05, 4.69) is 15.3 Å². The van der Waals surface area contributed by atoms with Crippen LogP contribution in [0.3, 0.4) is 0 Å². The van der Waals surface area contributed by atoms with E-state index in [0.29, 0.717) is 22.1 Å². The molecule has 1 saturated heterocycles. The van der Waals surface area contributed by atoms with Gasteiger partial charge < -0.3 is 19.7 Å². The largest absolute Gasteiger partial charge is 0.454 e. The summed E-state index contributed by atoms with van der Waals surface area (Å²) in [5.41, 5.74) is 1.55. The van der Waals surface area contributed by atoms with Crippen molar-refractivity contribution in [1.82, 2.24) is 15.1 Å². The molecule has 7 nitrogen and oxygen atoms in total. The minimum atomic E-state index is -0.159. The van der Waals surface area contributed by atoms with Crippen molar-refractivity contribution in [2.75, 3.05) is 24.8 Å². The van der Waals surface area contributed by atoms with Crippen LogP contribution >= 0.6 is 11.6 Å². The normalized spacial score (nSPS) is 18.9. The summed E-state index contributed by atoms with van der Waals surface area (Å²) in [7, 11) is 1.89. The van der Waals surface area contributed by atoms with E-state index in [-0.39, 0.29) is 18.7 Å². The third kappa shape index (κ3) is 2.75. The lowest BCUT2D eigenvalue weighted by Crippen LogP contribution is -2.37. The number of rotatable bonds is 3. The lowest BCUT2D eigenvalue weighted by molar-refractivity contribution is 0.0940. The van der Waals surface area contributed by atoms with Gasteiger partial charge in [0.2, 0.25) is 6.79 Å². The number of anilines is 1. The van der Waals surface area contributed by atoms with Crippen LogP contribution in [0.15, 0.2) is 24.5 Å². The number of hydrogen-bond donors (Lipinski definition) is 1. The van der Waals surface area contributed by atoms with Crippen molar-refractivity contribution in [1.29, 1.82) is 0 Å². The maximum absolute atomic E-state index is 12.5. The lowest BCUT2D eigenvalue weighted by Gasteiger charge is -2.17. The minimum absolute atomic E-state index is 0.0851. The van der Waals surface area contributed by atoms with Gasteiger partial charge in [-0.2, -0.15) is 5.10 Å². The number of halogens is 1. The Bertz CT molecular complexity index is 792. The zero-order chi connectivity index (χ0) is 16.7. The molecule has 2 aromatic rings. The van der Waals surface area contributed by atoms with Crippen molar-refractivity contribution in [3.63, 3.8) is 0 Å². The second-order valence-corrected chi connectivity index (χ2v) is 6.38. The number of benzene rings is 1. The van der Waals surface area contributed by atoms with Gasteiger partial charge in [0, 0.05) is 37.9 Å². The van der Waals surface area contributed by atoms with Crippen LogP contribution in [0.4, 0.5) is 5.69 Å². The topological polar surface area (TPSA) is 68.6 Å². The molecule has 1 N–H and O–H groups in total. The Morgan fingerprint density at radius 2 is 2.29 bits per heavy atom. The minimum Gasteiger partial charge on any atom is -0.454 e. The van der Waals surface area contributed by atoms with Crippen LogP contribution in [0.2, 0.25) is 5.02 Å². The van der Waals surface area contributed by atoms with Crippen molar-refractivity contribution >= 4 is 23.2 Å². The van der Waals surface area contributed by atoms with E-state index in [1.807, 2.05) is 19.4 Å². The molecule has 4 rings (SSSR count). The van der Waals surface area contributed by atoms with Gasteiger partial charge in [-0.05, 0) is 18.6 Å². The maximum atomic E-state index is 12.5. The number of hydrogen-bond acceptors (Lipinski definition) is 5. The number of nitrogens with one attached hydrogen (secondary N) is 1. The molecule has 1 atom stereocenters. The number of nitrogens with zero attached hydrogens (tertiary/aromatic N) is 3. The first-order chi connectivity index (χ1) is 11.6. The number of carbonyl (C=O) groups is 1. The molecular weight excluding hydrogens is 332 g/mol. The summed E-state index contributed by atoms with van der Waals surface area (Å²) in [5.74, 6) is 0.848. The van der Waals surface area contributed by atoms with Gasteiger partial charge in [0.15, 0.2) is 11.5 Å². The molecule has 1 aromatic heterocycles. The second kappa shape index (κ2) is 5.90. The summed E-state index contributed by atoms with van der Waals surface area (Å²) in [5, 5.41) is 7.63. The molecule has 3 heterocycles. The Hall–Kier alpha value is -2.41. The zero-order valence-corrected chi connectivity index (χ0v) is 13.9. The average molecular weight is 349 g/mol. The van der Waals surface area contributed by atoms with Crippen LogP contribution < -0.4 is 19.7 Å². The first-order valence-electron chi connectivity index (χ1n) is 7.74. The molecule has 0 spiro atoms. The highest BCUT2D eigenvalue weighted by molar-refractivity contribution is 6.32. The number of carbonyl (C=O) groups excluding carboxylic acids is 1. The summed E-state index contributed by atoms with van der Waals surface area (Å²) in [6.07, 6.45) is 4.70. The van der Waals surface area contributed by atoms with Crippen molar-refractivity contribution < 1.29 is 14.3 Å². The molecule has 2 aliphatic heterocycles. The van der Waals surface area contributed by atoms with Gasteiger partial charge in [-0.25, -0.2) is 0 Å². The van der Waals surface area contributed by atoms with E-state index in [1.54, 1.807) is 16.8 Å². The summed E-state index contributed by atoms with van der Waals surface area (Å²) < 4.78 is 12.3.